The summed E-state index contributed by atoms with van der Waals surface area (Å²) in [6.07, 6.45) is 0. The highest BCUT2D eigenvalue weighted by molar-refractivity contribution is 6.30. The van der Waals surface area contributed by atoms with Gasteiger partial charge in [0.05, 0.1) is 6.67 Å². The lowest BCUT2D eigenvalue weighted by atomic mass is 10.0. The van der Waals surface area contributed by atoms with Crippen molar-refractivity contribution in [1.29, 1.82) is 0 Å². The van der Waals surface area contributed by atoms with E-state index in [1.54, 1.807) is 42.5 Å². The second-order valence-electron chi connectivity index (χ2n) is 6.14. The minimum atomic E-state index is -0.417. The molecule has 2 aromatic carbocycles. The largest absolute Gasteiger partial charge is 0.450 e. The van der Waals surface area contributed by atoms with E-state index in [2.05, 4.69) is 5.32 Å². The molecule has 3 aromatic rings. The molecule has 0 radical (unpaired) electrons. The molecule has 0 bridgehead atoms. The molecule has 2 amide bonds. The molecule has 27 heavy (non-hydrogen) atoms. The van der Waals surface area contributed by atoms with Crippen LogP contribution in [0.1, 0.15) is 10.6 Å². The highest BCUT2D eigenvalue weighted by Crippen LogP contribution is 2.36. The van der Waals surface area contributed by atoms with Gasteiger partial charge in [-0.05, 0) is 35.9 Å². The molecule has 0 atom stereocenters. The maximum atomic E-state index is 13.7. The van der Waals surface area contributed by atoms with Crippen molar-refractivity contribution in [2.75, 3.05) is 13.2 Å². The van der Waals surface area contributed by atoms with Crippen LogP contribution < -0.4 is 5.32 Å². The number of nitrogens with one attached hydrogen (secondary N) is 1. The molecule has 2 heterocycles. The predicted molar refractivity (Wildman–Crippen MR) is 98.6 cm³/mol. The van der Waals surface area contributed by atoms with E-state index in [4.69, 9.17) is 16.0 Å². The maximum absolute atomic E-state index is 13.7. The van der Waals surface area contributed by atoms with Crippen molar-refractivity contribution in [3.05, 3.63) is 71.2 Å². The van der Waals surface area contributed by atoms with Crippen LogP contribution in [0.3, 0.4) is 0 Å². The first-order chi connectivity index (χ1) is 13.0. The Morgan fingerprint density at radius 2 is 1.89 bits per heavy atom. The van der Waals surface area contributed by atoms with Gasteiger partial charge >= 0.3 is 0 Å². The Labute approximate surface area is 159 Å². The average Bonchev–Trinajstić information content (AvgIpc) is 3.28. The minimum absolute atomic E-state index is 0.0265. The topological polar surface area (TPSA) is 62.6 Å². The molecular weight excluding hydrogens is 371 g/mol. The fraction of sp³-hybridized carbons (Fsp3) is 0.100. The Morgan fingerprint density at radius 1 is 1.11 bits per heavy atom. The molecule has 1 N–H and O–H groups in total. The standard InChI is InChI=1S/C20H14ClFN2O3/c21-14-5-1-4-13(7-14)19-16(12-3-2-6-15(22)8-12)9-17(27-19)20(26)24-10-18(25)23-11-24/h1-9H,10-11H2,(H,23,25). The normalized spacial score (nSPS) is 13.7. The van der Waals surface area contributed by atoms with Crippen LogP contribution in [-0.2, 0) is 4.79 Å². The van der Waals surface area contributed by atoms with Gasteiger partial charge in [-0.3, -0.25) is 9.59 Å². The number of amides is 2. The van der Waals surface area contributed by atoms with Crippen LogP contribution in [0.15, 0.2) is 59.0 Å². The summed E-state index contributed by atoms with van der Waals surface area (Å²) in [6, 6.07) is 14.6. The van der Waals surface area contributed by atoms with Crippen LogP contribution in [-0.4, -0.2) is 29.9 Å². The molecule has 1 saturated heterocycles. The van der Waals surface area contributed by atoms with E-state index in [1.807, 2.05) is 0 Å². The molecule has 136 valence electrons. The number of rotatable bonds is 3. The van der Waals surface area contributed by atoms with Crippen LogP contribution in [0.2, 0.25) is 5.02 Å². The quantitative estimate of drug-likeness (QED) is 0.744. The van der Waals surface area contributed by atoms with Gasteiger partial charge in [0.15, 0.2) is 5.76 Å². The lowest BCUT2D eigenvalue weighted by Crippen LogP contribution is -2.29. The Hall–Kier alpha value is -3.12. The molecule has 5 nitrogen and oxygen atoms in total. The summed E-state index contributed by atoms with van der Waals surface area (Å²) in [7, 11) is 0. The van der Waals surface area contributed by atoms with Crippen molar-refractivity contribution in [3.63, 3.8) is 0 Å². The highest BCUT2D eigenvalue weighted by Gasteiger charge is 2.28. The fourth-order valence-electron chi connectivity index (χ4n) is 2.98. The van der Waals surface area contributed by atoms with Crippen molar-refractivity contribution in [2.24, 2.45) is 0 Å². The fourth-order valence-corrected chi connectivity index (χ4v) is 3.17. The molecule has 0 saturated carbocycles. The summed E-state index contributed by atoms with van der Waals surface area (Å²) in [5.74, 6) is -0.562. The Balaban J connectivity index is 1.82. The molecule has 1 aliphatic rings. The zero-order valence-corrected chi connectivity index (χ0v) is 14.8. The first-order valence-corrected chi connectivity index (χ1v) is 8.61. The van der Waals surface area contributed by atoms with Crippen LogP contribution in [0, 0.1) is 5.82 Å². The third kappa shape index (κ3) is 3.44. The SMILES string of the molecule is O=C1CN(C(=O)c2cc(-c3cccc(F)c3)c(-c3cccc(Cl)c3)o2)CN1. The first kappa shape index (κ1) is 17.3. The number of hydrogen-bond acceptors (Lipinski definition) is 3. The van der Waals surface area contributed by atoms with Crippen LogP contribution >= 0.6 is 11.6 Å². The summed E-state index contributed by atoms with van der Waals surface area (Å²) in [5.41, 5.74) is 1.80. The molecule has 0 spiro atoms. The van der Waals surface area contributed by atoms with Gasteiger partial charge in [0.25, 0.3) is 5.91 Å². The number of halogens is 2. The second-order valence-corrected chi connectivity index (χ2v) is 6.57. The molecule has 1 aromatic heterocycles. The van der Waals surface area contributed by atoms with E-state index in [1.165, 1.54) is 17.0 Å². The Morgan fingerprint density at radius 3 is 2.59 bits per heavy atom. The molecule has 0 unspecified atom stereocenters. The lowest BCUT2D eigenvalue weighted by Gasteiger charge is -2.10. The number of carbonyl (C=O) groups is 2. The number of hydrogen-bond donors (Lipinski definition) is 1. The van der Waals surface area contributed by atoms with Gasteiger partial charge < -0.3 is 14.6 Å². The van der Waals surface area contributed by atoms with Gasteiger partial charge in [-0.1, -0.05) is 35.9 Å². The highest BCUT2D eigenvalue weighted by atomic mass is 35.5. The third-order valence-corrected chi connectivity index (χ3v) is 4.49. The number of furan rings is 1. The van der Waals surface area contributed by atoms with E-state index >= 15 is 0 Å². The van der Waals surface area contributed by atoms with E-state index in [0.717, 1.165) is 0 Å². The first-order valence-electron chi connectivity index (χ1n) is 8.23. The van der Waals surface area contributed by atoms with Gasteiger partial charge in [0, 0.05) is 16.1 Å². The summed E-state index contributed by atoms with van der Waals surface area (Å²) < 4.78 is 19.6. The third-order valence-electron chi connectivity index (χ3n) is 4.25. The van der Waals surface area contributed by atoms with Gasteiger partial charge in [-0.2, -0.15) is 0 Å². The van der Waals surface area contributed by atoms with E-state index in [9.17, 15) is 14.0 Å². The number of nitrogens with zero attached hydrogens (tertiary/aromatic N) is 1. The van der Waals surface area contributed by atoms with Crippen LogP contribution in [0.4, 0.5) is 4.39 Å². The van der Waals surface area contributed by atoms with Crippen molar-refractivity contribution in [3.8, 4) is 22.5 Å². The monoisotopic (exact) mass is 384 g/mol. The Kier molecular flexibility index (Phi) is 4.41. The zero-order chi connectivity index (χ0) is 19.0. The number of benzene rings is 2. The molecule has 1 fully saturated rings. The summed E-state index contributed by atoms with van der Waals surface area (Å²) >= 11 is 6.08. The van der Waals surface area contributed by atoms with Crippen molar-refractivity contribution in [2.45, 2.75) is 0 Å². The molecule has 4 rings (SSSR count). The van der Waals surface area contributed by atoms with Crippen molar-refractivity contribution in [1.82, 2.24) is 10.2 Å². The molecule has 1 aliphatic heterocycles. The average molecular weight is 385 g/mol. The Bertz CT molecular complexity index is 984. The second kappa shape index (κ2) is 6.89. The zero-order valence-electron chi connectivity index (χ0n) is 14.0. The van der Waals surface area contributed by atoms with E-state index in [-0.39, 0.29) is 24.9 Å². The molecular formula is C20H14ClFN2O3. The summed E-state index contributed by atoms with van der Waals surface area (Å²) in [6.45, 7) is 0.0987. The smallest absolute Gasteiger partial charge is 0.291 e. The maximum Gasteiger partial charge on any atom is 0.291 e. The summed E-state index contributed by atoms with van der Waals surface area (Å²) in [4.78, 5) is 25.4. The van der Waals surface area contributed by atoms with Gasteiger partial charge in [0.1, 0.15) is 18.1 Å². The lowest BCUT2D eigenvalue weighted by molar-refractivity contribution is -0.118. The van der Waals surface area contributed by atoms with Crippen molar-refractivity contribution < 1.29 is 18.4 Å². The van der Waals surface area contributed by atoms with E-state index in [0.29, 0.717) is 27.5 Å². The predicted octanol–water partition coefficient (Wildman–Crippen LogP) is 3.94. The van der Waals surface area contributed by atoms with Gasteiger partial charge in [-0.15, -0.1) is 0 Å². The minimum Gasteiger partial charge on any atom is -0.450 e. The van der Waals surface area contributed by atoms with Crippen LogP contribution in [0.5, 0.6) is 0 Å². The molecule has 0 aliphatic carbocycles. The molecule has 7 heteroatoms. The van der Waals surface area contributed by atoms with Gasteiger partial charge in [-0.25, -0.2) is 4.39 Å². The number of carbonyl (C=O) groups excluding carboxylic acids is 2. The summed E-state index contributed by atoms with van der Waals surface area (Å²) in [5, 5.41) is 3.09. The van der Waals surface area contributed by atoms with E-state index < -0.39 is 11.7 Å². The van der Waals surface area contributed by atoms with Crippen molar-refractivity contribution >= 4 is 23.4 Å². The van der Waals surface area contributed by atoms with Gasteiger partial charge in [0.2, 0.25) is 5.91 Å². The van der Waals surface area contributed by atoms with Crippen LogP contribution in [0.25, 0.3) is 22.5 Å².